The van der Waals surface area contributed by atoms with E-state index >= 15 is 0 Å². The summed E-state index contributed by atoms with van der Waals surface area (Å²) in [4.78, 5) is 50.6. The molecule has 12 nitrogen and oxygen atoms in total. The van der Waals surface area contributed by atoms with Crippen molar-refractivity contribution in [2.24, 2.45) is 14.1 Å². The number of anilines is 2. The number of methoxy groups -OCH3 is 3. The molecule has 4 aromatic rings. The van der Waals surface area contributed by atoms with Crippen LogP contribution >= 0.6 is 0 Å². The Labute approximate surface area is 266 Å². The molecule has 0 saturated heterocycles. The van der Waals surface area contributed by atoms with Gasteiger partial charge in [-0.05, 0) is 72.4 Å². The van der Waals surface area contributed by atoms with E-state index in [4.69, 9.17) is 14.2 Å². The van der Waals surface area contributed by atoms with Crippen LogP contribution in [0.3, 0.4) is 0 Å². The minimum Gasteiger partial charge on any atom is -0.493 e. The first kappa shape index (κ1) is 32.1. The van der Waals surface area contributed by atoms with Crippen LogP contribution in [0, 0.1) is 0 Å². The number of rotatable bonds is 10. The van der Waals surface area contributed by atoms with E-state index in [1.54, 1.807) is 70.3 Å². The molecule has 242 valence electrons. The molecule has 1 aromatic heterocycles. The highest BCUT2D eigenvalue weighted by molar-refractivity contribution is 5.93. The molecule has 0 saturated carbocycles. The molecule has 0 bridgehead atoms. The van der Waals surface area contributed by atoms with Gasteiger partial charge >= 0.3 is 5.69 Å². The third kappa shape index (κ3) is 6.15. The summed E-state index contributed by atoms with van der Waals surface area (Å²) in [5, 5.41) is 9.08. The van der Waals surface area contributed by atoms with Crippen LogP contribution in [0.25, 0.3) is 22.2 Å². The number of hydrogen-bond acceptors (Lipinski definition) is 8. The van der Waals surface area contributed by atoms with Crippen LogP contribution in [-0.4, -0.2) is 48.8 Å². The molecule has 3 N–H and O–H groups in total. The number of aromatic nitrogens is 2. The summed E-state index contributed by atoms with van der Waals surface area (Å²) in [6.45, 7) is 1.83. The van der Waals surface area contributed by atoms with E-state index in [1.807, 2.05) is 12.1 Å². The van der Waals surface area contributed by atoms with Crippen LogP contribution in [0.2, 0.25) is 0 Å². The van der Waals surface area contributed by atoms with Crippen molar-refractivity contribution >= 4 is 34.2 Å². The molecule has 0 spiro atoms. The molecule has 1 aliphatic carbocycles. The van der Waals surface area contributed by atoms with Crippen molar-refractivity contribution in [2.45, 2.75) is 38.6 Å². The number of nitrogens with zero attached hydrogens (tertiary/aromatic N) is 2. The zero-order valence-corrected chi connectivity index (χ0v) is 26.9. The van der Waals surface area contributed by atoms with Gasteiger partial charge in [0.1, 0.15) is 0 Å². The lowest BCUT2D eigenvalue weighted by atomic mass is 9.95. The highest BCUT2D eigenvalue weighted by Crippen LogP contribution is 2.50. The van der Waals surface area contributed by atoms with Crippen LogP contribution in [0.1, 0.15) is 43.4 Å². The van der Waals surface area contributed by atoms with E-state index in [0.717, 1.165) is 27.7 Å². The Bertz CT molecular complexity index is 1950. The smallest absolute Gasteiger partial charge is 0.328 e. The van der Waals surface area contributed by atoms with Gasteiger partial charge in [-0.25, -0.2) is 4.79 Å². The minimum absolute atomic E-state index is 0.137. The molecule has 3 aromatic carbocycles. The van der Waals surface area contributed by atoms with Gasteiger partial charge in [-0.1, -0.05) is 6.07 Å². The topological polar surface area (TPSA) is 142 Å². The summed E-state index contributed by atoms with van der Waals surface area (Å²) in [7, 11) is 8.06. The Morgan fingerprint density at radius 1 is 0.913 bits per heavy atom. The fraction of sp³-hybridized carbons (Fsp3) is 0.353. The highest BCUT2D eigenvalue weighted by Gasteiger charge is 2.29. The molecular formula is C34H39N5O7. The Morgan fingerprint density at radius 2 is 1.65 bits per heavy atom. The van der Waals surface area contributed by atoms with Crippen molar-refractivity contribution in [2.75, 3.05) is 38.5 Å². The molecule has 0 aliphatic heterocycles. The fourth-order valence-corrected chi connectivity index (χ4v) is 6.13. The van der Waals surface area contributed by atoms with Gasteiger partial charge in [0.25, 0.3) is 0 Å². The van der Waals surface area contributed by atoms with Crippen molar-refractivity contribution in [3.63, 3.8) is 0 Å². The van der Waals surface area contributed by atoms with Gasteiger partial charge in [0.15, 0.2) is 11.5 Å². The van der Waals surface area contributed by atoms with Crippen LogP contribution < -0.4 is 41.3 Å². The lowest BCUT2D eigenvalue weighted by molar-refractivity contribution is -0.119. The molecule has 1 aliphatic rings. The molecule has 5 rings (SSSR count). The molecule has 0 radical (unpaired) electrons. The number of benzene rings is 2. The fourth-order valence-electron chi connectivity index (χ4n) is 6.13. The first-order valence-electron chi connectivity index (χ1n) is 15.0. The number of imidazole rings is 1. The van der Waals surface area contributed by atoms with Crippen LogP contribution in [-0.2, 0) is 30.1 Å². The van der Waals surface area contributed by atoms with E-state index in [0.29, 0.717) is 60.0 Å². The zero-order valence-electron chi connectivity index (χ0n) is 26.9. The third-order valence-corrected chi connectivity index (χ3v) is 8.37. The number of ether oxygens (including phenoxy) is 3. The number of nitrogens with one attached hydrogen (secondary N) is 3. The summed E-state index contributed by atoms with van der Waals surface area (Å²) in [5.41, 5.74) is 5.21. The Kier molecular flexibility index (Phi) is 9.36. The standard InChI is InChI=1S/C34H39N5O7/c1-19(40)36-24-12-9-20-16-29(44-4)32(45-5)33(46-6)31(20)22-11-13-25(28(41)18-23(22)24)35-15-7-8-30(42)37-21-10-14-26-27(17-21)39(3)34(43)38(26)2/h10-11,13-14,16-18,24H,7-9,12,15H2,1-6H3,(H,35,41)(H,36,40)(H,37,42). The molecule has 12 heteroatoms. The number of aryl methyl sites for hydroxylation is 3. The van der Waals surface area contributed by atoms with Crippen LogP contribution in [0.4, 0.5) is 11.4 Å². The number of fused-ring (bicyclic) bond motifs is 4. The van der Waals surface area contributed by atoms with E-state index in [-0.39, 0.29) is 29.4 Å². The number of carbonyl (C=O) groups is 2. The van der Waals surface area contributed by atoms with Gasteiger partial charge < -0.3 is 30.2 Å². The average molecular weight is 630 g/mol. The number of amides is 2. The molecule has 2 amide bonds. The van der Waals surface area contributed by atoms with Crippen molar-refractivity contribution in [1.29, 1.82) is 0 Å². The summed E-state index contributed by atoms with van der Waals surface area (Å²) < 4.78 is 20.2. The highest BCUT2D eigenvalue weighted by atomic mass is 16.5. The summed E-state index contributed by atoms with van der Waals surface area (Å²) in [6.07, 6.45) is 1.86. The molecule has 1 heterocycles. The minimum atomic E-state index is -0.407. The summed E-state index contributed by atoms with van der Waals surface area (Å²) in [6, 6.07) is 12.0. The SMILES string of the molecule is COc1cc2c(c(OC)c1OC)-c1ccc(NCCCC(=O)Nc3ccc4c(c3)n(C)c(=O)n4C)c(=O)cc1C(NC(C)=O)CC2. The van der Waals surface area contributed by atoms with Crippen LogP contribution in [0.15, 0.2) is 52.1 Å². The molecule has 1 unspecified atom stereocenters. The van der Waals surface area contributed by atoms with Gasteiger partial charge in [-0.3, -0.25) is 23.5 Å². The zero-order chi connectivity index (χ0) is 33.1. The van der Waals surface area contributed by atoms with Crippen molar-refractivity contribution in [3.8, 4) is 28.4 Å². The quantitative estimate of drug-likeness (QED) is 0.225. The van der Waals surface area contributed by atoms with Crippen molar-refractivity contribution in [1.82, 2.24) is 14.5 Å². The number of carbonyl (C=O) groups excluding carboxylic acids is 2. The number of hydrogen-bond donors (Lipinski definition) is 3. The summed E-state index contributed by atoms with van der Waals surface area (Å²) in [5.74, 6) is 1.06. The summed E-state index contributed by atoms with van der Waals surface area (Å²) >= 11 is 0. The third-order valence-electron chi connectivity index (χ3n) is 8.37. The van der Waals surface area contributed by atoms with Gasteiger partial charge in [0, 0.05) is 45.2 Å². The molecule has 46 heavy (non-hydrogen) atoms. The molecule has 1 atom stereocenters. The monoisotopic (exact) mass is 629 g/mol. The van der Waals surface area contributed by atoms with E-state index < -0.39 is 6.04 Å². The first-order chi connectivity index (χ1) is 22.1. The second-order valence-electron chi connectivity index (χ2n) is 11.3. The molecular weight excluding hydrogens is 590 g/mol. The maximum Gasteiger partial charge on any atom is 0.328 e. The lowest BCUT2D eigenvalue weighted by Crippen LogP contribution is -2.26. The Hall–Kier alpha value is -5.26. The molecule has 0 fully saturated rings. The van der Waals surface area contributed by atoms with Gasteiger partial charge in [-0.15, -0.1) is 0 Å². The van der Waals surface area contributed by atoms with E-state index in [1.165, 1.54) is 11.5 Å². The Balaban J connectivity index is 1.37. The van der Waals surface area contributed by atoms with E-state index in [2.05, 4.69) is 16.0 Å². The maximum atomic E-state index is 13.5. The van der Waals surface area contributed by atoms with Crippen molar-refractivity contribution in [3.05, 3.63) is 74.3 Å². The van der Waals surface area contributed by atoms with Crippen LogP contribution in [0.5, 0.6) is 17.2 Å². The first-order valence-corrected chi connectivity index (χ1v) is 15.0. The van der Waals surface area contributed by atoms with E-state index in [9.17, 15) is 19.2 Å². The van der Waals surface area contributed by atoms with Gasteiger partial charge in [-0.2, -0.15) is 0 Å². The van der Waals surface area contributed by atoms with Gasteiger partial charge in [0.05, 0.1) is 44.1 Å². The lowest BCUT2D eigenvalue weighted by Gasteiger charge is -2.19. The predicted octanol–water partition coefficient (Wildman–Crippen LogP) is 3.88. The predicted molar refractivity (Wildman–Crippen MR) is 177 cm³/mol. The Morgan fingerprint density at radius 3 is 2.35 bits per heavy atom. The normalized spacial score (nSPS) is 13.7. The second-order valence-corrected chi connectivity index (χ2v) is 11.3. The largest absolute Gasteiger partial charge is 0.493 e. The van der Waals surface area contributed by atoms with Crippen molar-refractivity contribution < 1.29 is 23.8 Å². The second kappa shape index (κ2) is 13.4. The maximum absolute atomic E-state index is 13.5. The average Bonchev–Trinajstić information content (AvgIpc) is 3.15. The van der Waals surface area contributed by atoms with Gasteiger partial charge in [0.2, 0.25) is 23.0 Å².